The van der Waals surface area contributed by atoms with Gasteiger partial charge in [-0.05, 0) is 43.3 Å². The van der Waals surface area contributed by atoms with Gasteiger partial charge in [-0.25, -0.2) is 9.97 Å². The quantitative estimate of drug-likeness (QED) is 0.485. The molecule has 0 amide bonds. The number of imidazole rings is 1. The van der Waals surface area contributed by atoms with Crippen molar-refractivity contribution < 1.29 is 9.47 Å². The Labute approximate surface area is 168 Å². The predicted molar refractivity (Wildman–Crippen MR) is 113 cm³/mol. The number of aryl methyl sites for hydroxylation is 1. The van der Waals surface area contributed by atoms with E-state index in [0.29, 0.717) is 17.5 Å². The van der Waals surface area contributed by atoms with E-state index in [2.05, 4.69) is 25.6 Å². The van der Waals surface area contributed by atoms with Crippen molar-refractivity contribution in [3.63, 3.8) is 0 Å². The summed E-state index contributed by atoms with van der Waals surface area (Å²) < 4.78 is 13.0. The third-order valence-corrected chi connectivity index (χ3v) is 4.38. The molecule has 29 heavy (non-hydrogen) atoms. The van der Waals surface area contributed by atoms with Gasteiger partial charge in [-0.2, -0.15) is 4.98 Å². The Hall–Kier alpha value is -3.81. The van der Waals surface area contributed by atoms with Crippen LogP contribution in [0.1, 0.15) is 6.92 Å². The van der Waals surface area contributed by atoms with E-state index in [1.165, 1.54) is 0 Å². The molecule has 148 valence electrons. The lowest BCUT2D eigenvalue weighted by Gasteiger charge is -2.13. The molecule has 0 radical (unpaired) electrons. The van der Waals surface area contributed by atoms with Gasteiger partial charge in [-0.15, -0.1) is 0 Å². The molecule has 0 aliphatic carbocycles. The van der Waals surface area contributed by atoms with Gasteiger partial charge in [-0.1, -0.05) is 0 Å². The molecule has 3 heterocycles. The van der Waals surface area contributed by atoms with Gasteiger partial charge in [0.25, 0.3) is 0 Å². The van der Waals surface area contributed by atoms with Crippen molar-refractivity contribution in [2.24, 2.45) is 7.05 Å². The van der Waals surface area contributed by atoms with Gasteiger partial charge < -0.3 is 20.1 Å². The van der Waals surface area contributed by atoms with Gasteiger partial charge in [-0.3, -0.25) is 4.57 Å². The molecule has 0 saturated heterocycles. The molecule has 4 aromatic rings. The van der Waals surface area contributed by atoms with Crippen LogP contribution in [0.3, 0.4) is 0 Å². The number of anilines is 3. The summed E-state index contributed by atoms with van der Waals surface area (Å²) in [5, 5.41) is 6.60. The number of rotatable bonds is 7. The van der Waals surface area contributed by atoms with Crippen molar-refractivity contribution in [3.8, 4) is 17.5 Å². The molecular formula is C21H22N6O2. The summed E-state index contributed by atoms with van der Waals surface area (Å²) in [6.45, 7) is 2.81. The number of hydrogen-bond donors (Lipinski definition) is 2. The highest BCUT2D eigenvalue weighted by Crippen LogP contribution is 2.29. The van der Waals surface area contributed by atoms with E-state index in [0.717, 1.165) is 34.9 Å². The zero-order valence-corrected chi connectivity index (χ0v) is 16.5. The van der Waals surface area contributed by atoms with Crippen LogP contribution in [0.5, 0.6) is 17.5 Å². The highest BCUT2D eigenvalue weighted by molar-refractivity contribution is 5.73. The third kappa shape index (κ3) is 3.91. The van der Waals surface area contributed by atoms with Crippen molar-refractivity contribution in [3.05, 3.63) is 54.9 Å². The minimum absolute atomic E-state index is 0.491. The van der Waals surface area contributed by atoms with Crippen molar-refractivity contribution in [2.45, 2.75) is 6.92 Å². The molecule has 8 heteroatoms. The van der Waals surface area contributed by atoms with Crippen LogP contribution in [0.2, 0.25) is 0 Å². The lowest BCUT2D eigenvalue weighted by atomic mass is 10.3. The maximum Gasteiger partial charge on any atom is 0.303 e. The highest BCUT2D eigenvalue weighted by Gasteiger charge is 2.11. The second-order valence-electron chi connectivity index (χ2n) is 6.35. The molecule has 0 atom stereocenters. The van der Waals surface area contributed by atoms with Crippen molar-refractivity contribution in [1.82, 2.24) is 19.5 Å². The summed E-state index contributed by atoms with van der Waals surface area (Å²) in [4.78, 5) is 13.2. The number of ether oxygens (including phenoxy) is 2. The van der Waals surface area contributed by atoms with Crippen LogP contribution < -0.4 is 20.1 Å². The van der Waals surface area contributed by atoms with Gasteiger partial charge in [0, 0.05) is 31.5 Å². The number of nitrogens with one attached hydrogen (secondary N) is 2. The number of hydrogen-bond acceptors (Lipinski definition) is 7. The summed E-state index contributed by atoms with van der Waals surface area (Å²) in [5.74, 6) is 2.11. The summed E-state index contributed by atoms with van der Waals surface area (Å²) in [6.07, 6.45) is 3.42. The SMILES string of the molecule is CCNc1cc(OC)cnc1Nc1ccc(Oc2nc3cccnc3n2C)cc1. The number of pyridine rings is 2. The fraction of sp³-hybridized carbons (Fsp3) is 0.190. The monoisotopic (exact) mass is 390 g/mol. The van der Waals surface area contributed by atoms with Crippen molar-refractivity contribution in [1.29, 1.82) is 0 Å². The lowest BCUT2D eigenvalue weighted by molar-refractivity contribution is 0.413. The maximum absolute atomic E-state index is 5.93. The number of aromatic nitrogens is 4. The Morgan fingerprint density at radius 2 is 1.90 bits per heavy atom. The molecule has 1 aromatic carbocycles. The molecule has 4 rings (SSSR count). The fourth-order valence-corrected chi connectivity index (χ4v) is 2.92. The Kier molecular flexibility index (Phi) is 5.15. The Balaban J connectivity index is 1.51. The number of nitrogens with zero attached hydrogens (tertiary/aromatic N) is 4. The second kappa shape index (κ2) is 8.05. The van der Waals surface area contributed by atoms with Crippen molar-refractivity contribution >= 4 is 28.4 Å². The molecule has 0 unspecified atom stereocenters. The van der Waals surface area contributed by atoms with Gasteiger partial charge in [0.15, 0.2) is 11.5 Å². The topological polar surface area (TPSA) is 86.1 Å². The van der Waals surface area contributed by atoms with E-state index < -0.39 is 0 Å². The van der Waals surface area contributed by atoms with Crippen LogP contribution in [-0.2, 0) is 7.05 Å². The van der Waals surface area contributed by atoms with E-state index in [4.69, 9.17) is 9.47 Å². The van der Waals surface area contributed by atoms with Crippen LogP contribution in [0, 0.1) is 0 Å². The number of benzene rings is 1. The zero-order valence-electron chi connectivity index (χ0n) is 16.5. The Bertz CT molecular complexity index is 1120. The minimum Gasteiger partial charge on any atom is -0.495 e. The molecule has 0 aliphatic rings. The summed E-state index contributed by atoms with van der Waals surface area (Å²) in [6, 6.07) is 13.8. The average Bonchev–Trinajstić information content (AvgIpc) is 3.06. The molecule has 0 saturated carbocycles. The van der Waals surface area contributed by atoms with Crippen LogP contribution in [0.15, 0.2) is 54.9 Å². The van der Waals surface area contributed by atoms with Gasteiger partial charge in [0.05, 0.1) is 19.0 Å². The average molecular weight is 390 g/mol. The van der Waals surface area contributed by atoms with E-state index in [1.54, 1.807) is 19.5 Å². The van der Waals surface area contributed by atoms with Crippen LogP contribution in [0.25, 0.3) is 11.2 Å². The Morgan fingerprint density at radius 3 is 2.62 bits per heavy atom. The molecule has 0 spiro atoms. The first-order valence-corrected chi connectivity index (χ1v) is 9.28. The zero-order chi connectivity index (χ0) is 20.2. The third-order valence-electron chi connectivity index (χ3n) is 4.38. The number of fused-ring (bicyclic) bond motifs is 1. The molecular weight excluding hydrogens is 368 g/mol. The fourth-order valence-electron chi connectivity index (χ4n) is 2.92. The van der Waals surface area contributed by atoms with E-state index in [-0.39, 0.29) is 0 Å². The van der Waals surface area contributed by atoms with E-state index in [9.17, 15) is 0 Å². The van der Waals surface area contributed by atoms with Crippen LogP contribution in [-0.4, -0.2) is 33.2 Å². The maximum atomic E-state index is 5.93. The van der Waals surface area contributed by atoms with E-state index in [1.807, 2.05) is 61.0 Å². The minimum atomic E-state index is 0.491. The predicted octanol–water partition coefficient (Wildman–Crippen LogP) is 4.34. The molecule has 0 fully saturated rings. The molecule has 0 aliphatic heterocycles. The second-order valence-corrected chi connectivity index (χ2v) is 6.35. The van der Waals surface area contributed by atoms with Crippen molar-refractivity contribution in [2.75, 3.05) is 24.3 Å². The summed E-state index contributed by atoms with van der Waals surface area (Å²) in [7, 11) is 3.50. The largest absolute Gasteiger partial charge is 0.495 e. The molecule has 3 aromatic heterocycles. The standard InChI is InChI=1S/C21H22N6O2/c1-4-22-18-12-16(28-3)13-24-19(18)25-14-7-9-15(10-8-14)29-21-26-17-6-5-11-23-20(17)27(21)2/h5-13,22H,4H2,1-3H3,(H,24,25). The first-order chi connectivity index (χ1) is 14.2. The smallest absolute Gasteiger partial charge is 0.303 e. The van der Waals surface area contributed by atoms with Gasteiger partial charge in [0.2, 0.25) is 0 Å². The van der Waals surface area contributed by atoms with Gasteiger partial charge >= 0.3 is 6.01 Å². The first kappa shape index (κ1) is 18.5. The van der Waals surface area contributed by atoms with Gasteiger partial charge in [0.1, 0.15) is 17.0 Å². The highest BCUT2D eigenvalue weighted by atomic mass is 16.5. The van der Waals surface area contributed by atoms with E-state index >= 15 is 0 Å². The first-order valence-electron chi connectivity index (χ1n) is 9.28. The van der Waals surface area contributed by atoms with Crippen LogP contribution >= 0.6 is 0 Å². The normalized spacial score (nSPS) is 10.7. The Morgan fingerprint density at radius 1 is 1.07 bits per heavy atom. The number of methoxy groups -OCH3 is 1. The molecule has 2 N–H and O–H groups in total. The summed E-state index contributed by atoms with van der Waals surface area (Å²) in [5.41, 5.74) is 3.34. The molecule has 8 nitrogen and oxygen atoms in total. The molecule has 0 bridgehead atoms. The lowest BCUT2D eigenvalue weighted by Crippen LogP contribution is -2.03. The summed E-state index contributed by atoms with van der Waals surface area (Å²) >= 11 is 0. The van der Waals surface area contributed by atoms with Crippen LogP contribution in [0.4, 0.5) is 17.2 Å².